The van der Waals surface area contributed by atoms with Crippen LogP contribution in [0.3, 0.4) is 0 Å². The van der Waals surface area contributed by atoms with Gasteiger partial charge in [0.25, 0.3) is 0 Å². The average Bonchev–Trinajstić information content (AvgIpc) is 3.36. The fourth-order valence-corrected chi connectivity index (χ4v) is 4.32. The van der Waals surface area contributed by atoms with E-state index in [0.29, 0.717) is 12.2 Å². The Balaban J connectivity index is 1.42. The molecule has 2 amide bonds. The van der Waals surface area contributed by atoms with Crippen molar-refractivity contribution in [1.29, 1.82) is 0 Å². The monoisotopic (exact) mass is 433 g/mol. The van der Waals surface area contributed by atoms with E-state index in [1.807, 2.05) is 24.3 Å². The molecule has 6 nitrogen and oxygen atoms in total. The molecule has 152 valence electrons. The molecule has 0 saturated carbocycles. The quantitative estimate of drug-likeness (QED) is 0.705. The zero-order valence-electron chi connectivity index (χ0n) is 15.7. The summed E-state index contributed by atoms with van der Waals surface area (Å²) in [5, 5.41) is 12.5. The minimum Gasteiger partial charge on any atom is -0.505 e. The predicted octanol–water partition coefficient (Wildman–Crippen LogP) is 4.29. The fraction of sp³-hybridized carbons (Fsp3) is 0.333. The molecule has 0 aromatic heterocycles. The van der Waals surface area contributed by atoms with Gasteiger partial charge in [0.2, 0.25) is 11.8 Å². The maximum Gasteiger partial charge on any atom is 0.229 e. The van der Waals surface area contributed by atoms with Crippen LogP contribution in [0.4, 0.5) is 17.1 Å². The summed E-state index contributed by atoms with van der Waals surface area (Å²) < 4.78 is 0. The van der Waals surface area contributed by atoms with Crippen LogP contribution in [0.5, 0.6) is 5.75 Å². The Morgan fingerprint density at radius 3 is 2.24 bits per heavy atom. The number of carbonyl (C=O) groups excluding carboxylic acids is 2. The van der Waals surface area contributed by atoms with E-state index in [4.69, 9.17) is 23.2 Å². The van der Waals surface area contributed by atoms with Crippen molar-refractivity contribution in [3.05, 3.63) is 46.4 Å². The van der Waals surface area contributed by atoms with Gasteiger partial charge in [-0.3, -0.25) is 9.59 Å². The summed E-state index contributed by atoms with van der Waals surface area (Å²) in [5.74, 6) is -1.08. The molecule has 2 fully saturated rings. The lowest BCUT2D eigenvalue weighted by Crippen LogP contribution is -2.28. The van der Waals surface area contributed by atoms with E-state index in [-0.39, 0.29) is 34.0 Å². The SMILES string of the molecule is O=C(Nc1cc(Cl)c(O)c(Cl)c1)C1CC(=O)N(c2ccc(N3CCCC3)cc2)C1. The summed E-state index contributed by atoms with van der Waals surface area (Å²) in [4.78, 5) is 29.1. The van der Waals surface area contributed by atoms with Crippen LogP contribution in [0.25, 0.3) is 0 Å². The number of aromatic hydroxyl groups is 1. The van der Waals surface area contributed by atoms with E-state index < -0.39 is 5.92 Å². The first-order valence-electron chi connectivity index (χ1n) is 9.56. The van der Waals surface area contributed by atoms with E-state index in [9.17, 15) is 14.7 Å². The van der Waals surface area contributed by atoms with Gasteiger partial charge in [0, 0.05) is 43.1 Å². The van der Waals surface area contributed by atoms with Gasteiger partial charge in [-0.05, 0) is 49.2 Å². The molecule has 29 heavy (non-hydrogen) atoms. The van der Waals surface area contributed by atoms with Gasteiger partial charge in [0.05, 0.1) is 16.0 Å². The second kappa shape index (κ2) is 8.13. The summed E-state index contributed by atoms with van der Waals surface area (Å²) in [6.45, 7) is 2.44. The number of halogens is 2. The second-order valence-corrected chi connectivity index (χ2v) is 8.21. The highest BCUT2D eigenvalue weighted by Crippen LogP contribution is 2.35. The topological polar surface area (TPSA) is 72.9 Å². The van der Waals surface area contributed by atoms with E-state index in [2.05, 4.69) is 10.2 Å². The number of nitrogens with one attached hydrogen (secondary N) is 1. The Labute approximate surface area is 179 Å². The number of hydrogen-bond acceptors (Lipinski definition) is 4. The van der Waals surface area contributed by atoms with Crippen molar-refractivity contribution in [2.45, 2.75) is 19.3 Å². The van der Waals surface area contributed by atoms with Crippen LogP contribution in [-0.4, -0.2) is 36.6 Å². The zero-order valence-corrected chi connectivity index (χ0v) is 17.2. The van der Waals surface area contributed by atoms with Crippen molar-refractivity contribution >= 4 is 52.1 Å². The van der Waals surface area contributed by atoms with Gasteiger partial charge >= 0.3 is 0 Å². The van der Waals surface area contributed by atoms with E-state index in [1.54, 1.807) is 4.90 Å². The Kier molecular flexibility index (Phi) is 5.56. The van der Waals surface area contributed by atoms with Gasteiger partial charge < -0.3 is 20.2 Å². The largest absolute Gasteiger partial charge is 0.505 e. The Hall–Kier alpha value is -2.44. The Bertz CT molecular complexity index is 920. The number of phenolic OH excluding ortho intramolecular Hbond substituents is 1. The first-order valence-corrected chi connectivity index (χ1v) is 10.3. The number of rotatable bonds is 4. The third-order valence-corrected chi connectivity index (χ3v) is 5.99. The van der Waals surface area contributed by atoms with Gasteiger partial charge in [-0.15, -0.1) is 0 Å². The third-order valence-electron chi connectivity index (χ3n) is 5.41. The smallest absolute Gasteiger partial charge is 0.229 e. The number of phenols is 1. The lowest BCUT2D eigenvalue weighted by Gasteiger charge is -2.20. The van der Waals surface area contributed by atoms with E-state index in [0.717, 1.165) is 24.5 Å². The zero-order chi connectivity index (χ0) is 20.5. The molecule has 0 bridgehead atoms. The number of benzene rings is 2. The minimum absolute atomic E-state index is 0.0509. The summed E-state index contributed by atoms with van der Waals surface area (Å²) in [7, 11) is 0. The molecule has 2 saturated heterocycles. The number of hydrogen-bond donors (Lipinski definition) is 2. The molecule has 8 heteroatoms. The lowest BCUT2D eigenvalue weighted by molar-refractivity contribution is -0.122. The maximum absolute atomic E-state index is 12.6. The molecule has 2 N–H and O–H groups in total. The van der Waals surface area contributed by atoms with Crippen LogP contribution < -0.4 is 15.1 Å². The molecule has 1 unspecified atom stereocenters. The summed E-state index contributed by atoms with van der Waals surface area (Å²) in [6, 6.07) is 10.8. The highest BCUT2D eigenvalue weighted by Gasteiger charge is 2.35. The normalized spacial score (nSPS) is 19.1. The van der Waals surface area contributed by atoms with Gasteiger partial charge in [0.15, 0.2) is 5.75 Å². The third kappa shape index (κ3) is 4.14. The van der Waals surface area contributed by atoms with Crippen molar-refractivity contribution in [2.24, 2.45) is 5.92 Å². The molecule has 1 atom stereocenters. The molecule has 4 rings (SSSR count). The van der Waals surface area contributed by atoms with Crippen molar-refractivity contribution in [3.8, 4) is 5.75 Å². The molecule has 2 aromatic carbocycles. The standard InChI is InChI=1S/C21H21Cl2N3O3/c22-17-10-14(11-18(23)20(17)28)24-21(29)13-9-19(27)26(12-13)16-5-3-15(4-6-16)25-7-1-2-8-25/h3-6,10-11,13,28H,1-2,7-9,12H2,(H,24,29). The number of carbonyl (C=O) groups is 2. The molecular weight excluding hydrogens is 413 g/mol. The second-order valence-electron chi connectivity index (χ2n) is 7.39. The molecule has 0 radical (unpaired) electrons. The highest BCUT2D eigenvalue weighted by atomic mass is 35.5. The minimum atomic E-state index is -0.480. The van der Waals surface area contributed by atoms with Crippen LogP contribution in [0, 0.1) is 5.92 Å². The lowest BCUT2D eigenvalue weighted by atomic mass is 10.1. The predicted molar refractivity (Wildman–Crippen MR) is 115 cm³/mol. The van der Waals surface area contributed by atoms with Gasteiger partial charge in [-0.2, -0.15) is 0 Å². The number of anilines is 3. The molecule has 2 heterocycles. The first kappa shape index (κ1) is 19.9. The maximum atomic E-state index is 12.6. The summed E-state index contributed by atoms with van der Waals surface area (Å²) in [5.41, 5.74) is 2.33. The van der Waals surface area contributed by atoms with Gasteiger partial charge in [-0.1, -0.05) is 23.2 Å². The summed E-state index contributed by atoms with van der Waals surface area (Å²) in [6.07, 6.45) is 2.56. The van der Waals surface area contributed by atoms with Crippen molar-refractivity contribution in [2.75, 3.05) is 34.8 Å². The molecule has 0 spiro atoms. The summed E-state index contributed by atoms with van der Waals surface area (Å²) >= 11 is 11.8. The molecular formula is C21H21Cl2N3O3. The van der Waals surface area contributed by atoms with Gasteiger partial charge in [0.1, 0.15) is 0 Å². The van der Waals surface area contributed by atoms with Crippen LogP contribution in [-0.2, 0) is 9.59 Å². The Morgan fingerprint density at radius 1 is 1.03 bits per heavy atom. The van der Waals surface area contributed by atoms with Crippen LogP contribution >= 0.6 is 23.2 Å². The molecule has 2 aromatic rings. The molecule has 0 aliphatic carbocycles. The number of amides is 2. The highest BCUT2D eigenvalue weighted by molar-refractivity contribution is 6.37. The van der Waals surface area contributed by atoms with Crippen LogP contribution in [0.15, 0.2) is 36.4 Å². The number of nitrogens with zero attached hydrogens (tertiary/aromatic N) is 2. The van der Waals surface area contributed by atoms with Crippen LogP contribution in [0.1, 0.15) is 19.3 Å². The molecule has 2 aliphatic rings. The fourth-order valence-electron chi connectivity index (χ4n) is 3.83. The van der Waals surface area contributed by atoms with Crippen molar-refractivity contribution in [3.63, 3.8) is 0 Å². The Morgan fingerprint density at radius 2 is 1.62 bits per heavy atom. The van der Waals surface area contributed by atoms with E-state index >= 15 is 0 Å². The van der Waals surface area contributed by atoms with Gasteiger partial charge in [-0.25, -0.2) is 0 Å². The van der Waals surface area contributed by atoms with Crippen molar-refractivity contribution < 1.29 is 14.7 Å². The van der Waals surface area contributed by atoms with Crippen LogP contribution in [0.2, 0.25) is 10.0 Å². The van der Waals surface area contributed by atoms with Crippen molar-refractivity contribution in [1.82, 2.24) is 0 Å². The first-order chi connectivity index (χ1) is 13.9. The average molecular weight is 434 g/mol. The van der Waals surface area contributed by atoms with E-state index in [1.165, 1.54) is 25.0 Å². The molecule has 2 aliphatic heterocycles.